The molecule has 2 aromatic rings. The van der Waals surface area contributed by atoms with Gasteiger partial charge in [-0.25, -0.2) is 0 Å². The van der Waals surface area contributed by atoms with Crippen molar-refractivity contribution in [3.63, 3.8) is 0 Å². The van der Waals surface area contributed by atoms with Crippen molar-refractivity contribution in [3.05, 3.63) is 59.2 Å². The number of fused-ring (bicyclic) bond motifs is 4. The van der Waals surface area contributed by atoms with E-state index in [4.69, 9.17) is 4.74 Å². The molecule has 3 aliphatic heterocycles. The first-order valence-corrected chi connectivity index (χ1v) is 11.3. The van der Waals surface area contributed by atoms with Gasteiger partial charge in [-0.2, -0.15) is 0 Å². The van der Waals surface area contributed by atoms with Crippen LogP contribution in [0.4, 0.5) is 5.69 Å². The molecule has 0 saturated carbocycles. The predicted octanol–water partition coefficient (Wildman–Crippen LogP) is 3.21. The van der Waals surface area contributed by atoms with Gasteiger partial charge in [0.15, 0.2) is 0 Å². The highest BCUT2D eigenvalue weighted by molar-refractivity contribution is 6.21. The molecule has 3 heterocycles. The second-order valence-corrected chi connectivity index (χ2v) is 8.66. The van der Waals surface area contributed by atoms with Crippen molar-refractivity contribution in [3.8, 4) is 5.75 Å². The summed E-state index contributed by atoms with van der Waals surface area (Å²) in [5.74, 6) is 0.711. The van der Waals surface area contributed by atoms with Crippen LogP contribution in [0.25, 0.3) is 0 Å². The Hall–Kier alpha value is -2.86. The Morgan fingerprint density at radius 3 is 2.42 bits per heavy atom. The average Bonchev–Trinajstić information content (AvgIpc) is 3.06. The Labute approximate surface area is 183 Å². The lowest BCUT2D eigenvalue weighted by Gasteiger charge is -2.46. The molecule has 2 aromatic carbocycles. The second-order valence-electron chi connectivity index (χ2n) is 8.66. The van der Waals surface area contributed by atoms with Gasteiger partial charge in [0.25, 0.3) is 11.8 Å². The van der Waals surface area contributed by atoms with Crippen molar-refractivity contribution in [2.75, 3.05) is 44.7 Å². The van der Waals surface area contributed by atoms with Gasteiger partial charge in [0.1, 0.15) is 5.75 Å². The van der Waals surface area contributed by atoms with Gasteiger partial charge in [0.2, 0.25) is 0 Å². The molecule has 0 N–H and O–H groups in total. The predicted molar refractivity (Wildman–Crippen MR) is 120 cm³/mol. The highest BCUT2D eigenvalue weighted by atomic mass is 16.5. The van der Waals surface area contributed by atoms with Crippen molar-refractivity contribution in [1.29, 1.82) is 0 Å². The number of imide groups is 1. The Morgan fingerprint density at radius 1 is 0.935 bits per heavy atom. The maximum Gasteiger partial charge on any atom is 0.261 e. The number of hydrogen-bond donors (Lipinski definition) is 0. The van der Waals surface area contributed by atoms with Crippen LogP contribution in [0.5, 0.6) is 5.75 Å². The first kappa shape index (κ1) is 20.1. The Bertz CT molecular complexity index is 970. The molecule has 6 heteroatoms. The van der Waals surface area contributed by atoms with E-state index >= 15 is 0 Å². The van der Waals surface area contributed by atoms with Gasteiger partial charge in [0, 0.05) is 43.5 Å². The number of piperazine rings is 1. The standard InChI is InChI=1S/C25H29N3O3/c1-31-23-10-6-9-22-21(23)12-11-18-17-26(15-16-27(18)22)13-4-5-14-28-24(29)19-7-2-3-8-20(19)25(28)30/h2-3,6-10,18H,4-5,11-17H2,1H3/t18-/m0/s1. The Morgan fingerprint density at radius 2 is 1.68 bits per heavy atom. The molecule has 2 amide bonds. The van der Waals surface area contributed by atoms with Crippen LogP contribution in [0.2, 0.25) is 0 Å². The largest absolute Gasteiger partial charge is 0.496 e. The van der Waals surface area contributed by atoms with Crippen molar-refractivity contribution < 1.29 is 14.3 Å². The molecule has 0 aromatic heterocycles. The summed E-state index contributed by atoms with van der Waals surface area (Å²) < 4.78 is 5.57. The molecule has 0 bridgehead atoms. The molecule has 162 valence electrons. The van der Waals surface area contributed by atoms with Crippen LogP contribution >= 0.6 is 0 Å². The summed E-state index contributed by atoms with van der Waals surface area (Å²) in [4.78, 5) is 31.5. The number of carbonyl (C=O) groups excluding carboxylic acids is 2. The topological polar surface area (TPSA) is 53.1 Å². The maximum atomic E-state index is 12.5. The van der Waals surface area contributed by atoms with Gasteiger partial charge < -0.3 is 9.64 Å². The molecule has 0 spiro atoms. The lowest BCUT2D eigenvalue weighted by atomic mass is 9.93. The number of nitrogens with zero attached hydrogens (tertiary/aromatic N) is 3. The summed E-state index contributed by atoms with van der Waals surface area (Å²) in [6.07, 6.45) is 4.05. The van der Waals surface area contributed by atoms with E-state index in [0.29, 0.717) is 23.7 Å². The van der Waals surface area contributed by atoms with E-state index in [1.165, 1.54) is 16.2 Å². The molecule has 6 nitrogen and oxygen atoms in total. The third kappa shape index (κ3) is 3.59. The summed E-state index contributed by atoms with van der Waals surface area (Å²) in [7, 11) is 1.75. The molecule has 31 heavy (non-hydrogen) atoms. The lowest BCUT2D eigenvalue weighted by molar-refractivity contribution is 0.0650. The van der Waals surface area contributed by atoms with Crippen molar-refractivity contribution in [1.82, 2.24) is 9.80 Å². The monoisotopic (exact) mass is 419 g/mol. The summed E-state index contributed by atoms with van der Waals surface area (Å²) >= 11 is 0. The van der Waals surface area contributed by atoms with E-state index < -0.39 is 0 Å². The number of methoxy groups -OCH3 is 1. The van der Waals surface area contributed by atoms with Gasteiger partial charge in [0.05, 0.1) is 18.2 Å². The van der Waals surface area contributed by atoms with E-state index in [2.05, 4.69) is 28.0 Å². The number of carbonyl (C=O) groups is 2. The minimum Gasteiger partial charge on any atom is -0.496 e. The minimum atomic E-state index is -0.148. The number of hydrogen-bond acceptors (Lipinski definition) is 5. The van der Waals surface area contributed by atoms with Gasteiger partial charge in [-0.05, 0) is 56.5 Å². The van der Waals surface area contributed by atoms with Crippen molar-refractivity contribution in [2.24, 2.45) is 0 Å². The molecule has 0 aliphatic carbocycles. The molecular formula is C25H29N3O3. The Kier molecular flexibility index (Phi) is 5.40. The lowest BCUT2D eigenvalue weighted by Crippen LogP contribution is -2.55. The number of rotatable bonds is 6. The number of anilines is 1. The zero-order valence-corrected chi connectivity index (χ0v) is 18.0. The fraction of sp³-hybridized carbons (Fsp3) is 0.440. The first-order chi connectivity index (χ1) is 15.2. The van der Waals surface area contributed by atoms with Crippen LogP contribution < -0.4 is 9.64 Å². The van der Waals surface area contributed by atoms with Gasteiger partial charge in [-0.3, -0.25) is 19.4 Å². The molecule has 0 unspecified atom stereocenters. The third-order valence-electron chi connectivity index (χ3n) is 6.92. The van der Waals surface area contributed by atoms with Crippen molar-refractivity contribution >= 4 is 17.5 Å². The molecule has 1 atom stereocenters. The average molecular weight is 420 g/mol. The summed E-state index contributed by atoms with van der Waals surface area (Å²) in [5, 5.41) is 0. The zero-order chi connectivity index (χ0) is 21.4. The number of unbranched alkanes of at least 4 members (excludes halogenated alkanes) is 1. The molecule has 0 radical (unpaired) electrons. The highest BCUT2D eigenvalue weighted by Crippen LogP contribution is 2.37. The Balaban J connectivity index is 1.12. The number of amides is 2. The van der Waals surface area contributed by atoms with E-state index in [0.717, 1.165) is 57.6 Å². The van der Waals surface area contributed by atoms with Crippen LogP contribution in [0.15, 0.2) is 42.5 Å². The van der Waals surface area contributed by atoms with E-state index in [1.807, 2.05) is 12.1 Å². The molecular weight excluding hydrogens is 390 g/mol. The van der Waals surface area contributed by atoms with E-state index in [-0.39, 0.29) is 11.8 Å². The third-order valence-corrected chi connectivity index (χ3v) is 6.92. The fourth-order valence-electron chi connectivity index (χ4n) is 5.31. The summed E-state index contributed by atoms with van der Waals surface area (Å²) in [6.45, 7) is 4.66. The van der Waals surface area contributed by atoms with Crippen LogP contribution in [0.1, 0.15) is 45.5 Å². The van der Waals surface area contributed by atoms with E-state index in [1.54, 1.807) is 19.2 Å². The number of ether oxygens (including phenoxy) is 1. The van der Waals surface area contributed by atoms with Gasteiger partial charge in [-0.15, -0.1) is 0 Å². The first-order valence-electron chi connectivity index (χ1n) is 11.3. The zero-order valence-electron chi connectivity index (χ0n) is 18.0. The normalized spacial score (nSPS) is 20.5. The summed E-state index contributed by atoms with van der Waals surface area (Å²) in [6, 6.07) is 14.0. The smallest absolute Gasteiger partial charge is 0.261 e. The van der Waals surface area contributed by atoms with Gasteiger partial charge >= 0.3 is 0 Å². The maximum absolute atomic E-state index is 12.5. The quantitative estimate of drug-likeness (QED) is 0.532. The minimum absolute atomic E-state index is 0.148. The van der Waals surface area contributed by atoms with Crippen LogP contribution in [-0.2, 0) is 6.42 Å². The van der Waals surface area contributed by atoms with Crippen LogP contribution in [0.3, 0.4) is 0 Å². The molecule has 1 fully saturated rings. The van der Waals surface area contributed by atoms with E-state index in [9.17, 15) is 9.59 Å². The highest BCUT2D eigenvalue weighted by Gasteiger charge is 2.35. The van der Waals surface area contributed by atoms with Crippen molar-refractivity contribution in [2.45, 2.75) is 31.7 Å². The van der Waals surface area contributed by atoms with Crippen LogP contribution in [-0.4, -0.2) is 67.5 Å². The SMILES string of the molecule is COc1cccc2c1CC[C@H]1CN(CCCCN3C(=O)c4ccccc4C3=O)CCN21. The molecule has 1 saturated heterocycles. The fourth-order valence-corrected chi connectivity index (χ4v) is 5.31. The molecule has 5 rings (SSSR count). The van der Waals surface area contributed by atoms with Gasteiger partial charge in [-0.1, -0.05) is 18.2 Å². The van der Waals surface area contributed by atoms with Crippen LogP contribution in [0, 0.1) is 0 Å². The summed E-state index contributed by atoms with van der Waals surface area (Å²) in [5.41, 5.74) is 3.76. The molecule has 3 aliphatic rings. The number of benzene rings is 2. The second kappa shape index (κ2) is 8.35.